The third-order valence-electron chi connectivity index (χ3n) is 2.86. The number of rotatable bonds is 3. The molecule has 0 radical (unpaired) electrons. The van der Waals surface area contributed by atoms with E-state index >= 15 is 0 Å². The van der Waals surface area contributed by atoms with Crippen molar-refractivity contribution < 1.29 is 9.53 Å². The Morgan fingerprint density at radius 2 is 2.41 bits per heavy atom. The van der Waals surface area contributed by atoms with Crippen molar-refractivity contribution in [3.63, 3.8) is 0 Å². The molecule has 1 saturated carbocycles. The minimum Gasteiger partial charge on any atom is -0.460 e. The number of aromatic nitrogens is 3. The van der Waals surface area contributed by atoms with Crippen LogP contribution in [0.5, 0.6) is 0 Å². The highest BCUT2D eigenvalue weighted by atomic mass is 16.5. The molecule has 5 nitrogen and oxygen atoms in total. The third kappa shape index (κ3) is 1.67. The first-order chi connectivity index (χ1) is 8.31. The summed E-state index contributed by atoms with van der Waals surface area (Å²) >= 11 is 0. The van der Waals surface area contributed by atoms with Crippen molar-refractivity contribution in [3.05, 3.63) is 24.3 Å². The van der Waals surface area contributed by atoms with Crippen LogP contribution in [0.1, 0.15) is 36.4 Å². The van der Waals surface area contributed by atoms with Crippen LogP contribution in [0.25, 0.3) is 11.0 Å². The first-order valence-corrected chi connectivity index (χ1v) is 5.80. The highest BCUT2D eigenvalue weighted by molar-refractivity contribution is 5.91. The minimum absolute atomic E-state index is 0.351. The SMILES string of the molecule is CCOC(=O)c1nc2cnccc2n1C1CC1. The Labute approximate surface area is 98.4 Å². The molecule has 0 atom stereocenters. The van der Waals surface area contributed by atoms with Gasteiger partial charge in [-0.05, 0) is 25.8 Å². The van der Waals surface area contributed by atoms with Gasteiger partial charge in [-0.3, -0.25) is 4.98 Å². The van der Waals surface area contributed by atoms with Crippen LogP contribution >= 0.6 is 0 Å². The molecule has 17 heavy (non-hydrogen) atoms. The van der Waals surface area contributed by atoms with Crippen LogP contribution < -0.4 is 0 Å². The number of fused-ring (bicyclic) bond motifs is 1. The average Bonchev–Trinajstić information content (AvgIpc) is 3.09. The van der Waals surface area contributed by atoms with E-state index in [4.69, 9.17) is 4.74 Å². The topological polar surface area (TPSA) is 57.0 Å². The summed E-state index contributed by atoms with van der Waals surface area (Å²) in [5.41, 5.74) is 1.72. The van der Waals surface area contributed by atoms with Crippen molar-refractivity contribution in [1.82, 2.24) is 14.5 Å². The molecule has 0 unspecified atom stereocenters. The molecule has 0 spiro atoms. The Balaban J connectivity index is 2.15. The fourth-order valence-corrected chi connectivity index (χ4v) is 1.99. The van der Waals surface area contributed by atoms with Gasteiger partial charge in [-0.25, -0.2) is 9.78 Å². The molecule has 3 rings (SSSR count). The number of nitrogens with zero attached hydrogens (tertiary/aromatic N) is 3. The molecule has 2 heterocycles. The second-order valence-electron chi connectivity index (χ2n) is 4.12. The Morgan fingerprint density at radius 1 is 1.59 bits per heavy atom. The van der Waals surface area contributed by atoms with Crippen LogP contribution in [0.3, 0.4) is 0 Å². The number of carbonyl (C=O) groups excluding carboxylic acids is 1. The van der Waals surface area contributed by atoms with E-state index in [2.05, 4.69) is 9.97 Å². The Hall–Kier alpha value is -1.91. The quantitative estimate of drug-likeness (QED) is 0.757. The molecule has 1 aliphatic carbocycles. The number of ether oxygens (including phenoxy) is 1. The molecule has 0 saturated heterocycles. The van der Waals surface area contributed by atoms with Crippen LogP contribution in [0.2, 0.25) is 0 Å². The number of esters is 1. The van der Waals surface area contributed by atoms with Gasteiger partial charge in [0.05, 0.1) is 18.3 Å². The van der Waals surface area contributed by atoms with Crippen molar-refractivity contribution in [2.24, 2.45) is 0 Å². The van der Waals surface area contributed by atoms with Crippen LogP contribution in [-0.4, -0.2) is 27.1 Å². The van der Waals surface area contributed by atoms with Gasteiger partial charge in [0, 0.05) is 12.2 Å². The van der Waals surface area contributed by atoms with E-state index < -0.39 is 0 Å². The van der Waals surface area contributed by atoms with Gasteiger partial charge in [-0.15, -0.1) is 0 Å². The Bertz CT molecular complexity index is 572. The zero-order chi connectivity index (χ0) is 11.8. The van der Waals surface area contributed by atoms with Crippen molar-refractivity contribution in [2.75, 3.05) is 6.61 Å². The second kappa shape index (κ2) is 3.84. The van der Waals surface area contributed by atoms with Crippen LogP contribution in [0.15, 0.2) is 18.5 Å². The molecule has 1 aliphatic rings. The summed E-state index contributed by atoms with van der Waals surface area (Å²) in [6.45, 7) is 2.16. The summed E-state index contributed by atoms with van der Waals surface area (Å²) in [6, 6.07) is 2.28. The van der Waals surface area contributed by atoms with E-state index in [0.717, 1.165) is 23.9 Å². The van der Waals surface area contributed by atoms with Gasteiger partial charge >= 0.3 is 5.97 Å². The average molecular weight is 231 g/mol. The number of carbonyl (C=O) groups is 1. The van der Waals surface area contributed by atoms with Crippen molar-refractivity contribution in [2.45, 2.75) is 25.8 Å². The Kier molecular flexibility index (Phi) is 2.31. The van der Waals surface area contributed by atoms with Gasteiger partial charge in [0.1, 0.15) is 5.52 Å². The van der Waals surface area contributed by atoms with Gasteiger partial charge < -0.3 is 9.30 Å². The van der Waals surface area contributed by atoms with Gasteiger partial charge in [-0.2, -0.15) is 0 Å². The monoisotopic (exact) mass is 231 g/mol. The van der Waals surface area contributed by atoms with E-state index in [-0.39, 0.29) is 5.97 Å². The lowest BCUT2D eigenvalue weighted by Crippen LogP contribution is -2.12. The molecule has 0 aliphatic heterocycles. The molecule has 2 aromatic rings. The number of pyridine rings is 1. The highest BCUT2D eigenvalue weighted by Crippen LogP contribution is 2.38. The third-order valence-corrected chi connectivity index (χ3v) is 2.86. The van der Waals surface area contributed by atoms with Crippen LogP contribution in [0.4, 0.5) is 0 Å². The maximum Gasteiger partial charge on any atom is 0.374 e. The predicted molar refractivity (Wildman–Crippen MR) is 61.8 cm³/mol. The number of hydrogen-bond acceptors (Lipinski definition) is 4. The molecular weight excluding hydrogens is 218 g/mol. The summed E-state index contributed by atoms with van der Waals surface area (Å²) in [5.74, 6) is 0.0490. The first-order valence-electron chi connectivity index (χ1n) is 5.80. The van der Waals surface area contributed by atoms with E-state index in [9.17, 15) is 4.79 Å². The molecular formula is C12H13N3O2. The van der Waals surface area contributed by atoms with E-state index in [1.165, 1.54) is 0 Å². The summed E-state index contributed by atoms with van der Waals surface area (Å²) in [5, 5.41) is 0. The molecule has 0 bridgehead atoms. The Morgan fingerprint density at radius 3 is 3.12 bits per heavy atom. The lowest BCUT2D eigenvalue weighted by atomic mass is 10.4. The van der Waals surface area contributed by atoms with E-state index in [1.807, 2.05) is 10.6 Å². The second-order valence-corrected chi connectivity index (χ2v) is 4.12. The fraction of sp³-hybridized carbons (Fsp3) is 0.417. The minimum atomic E-state index is -0.351. The largest absolute Gasteiger partial charge is 0.460 e. The standard InChI is InChI=1S/C12H13N3O2/c1-2-17-12(16)11-14-9-7-13-6-5-10(9)15(11)8-3-4-8/h5-8H,2-4H2,1H3. The van der Waals surface area contributed by atoms with Gasteiger partial charge in [-0.1, -0.05) is 0 Å². The number of hydrogen-bond donors (Lipinski definition) is 0. The van der Waals surface area contributed by atoms with Crippen molar-refractivity contribution in [3.8, 4) is 0 Å². The summed E-state index contributed by atoms with van der Waals surface area (Å²) < 4.78 is 7.01. The molecule has 88 valence electrons. The van der Waals surface area contributed by atoms with Crippen LogP contribution in [-0.2, 0) is 4.74 Å². The van der Waals surface area contributed by atoms with Crippen molar-refractivity contribution >= 4 is 17.0 Å². The molecule has 1 fully saturated rings. The van der Waals surface area contributed by atoms with E-state index in [1.54, 1.807) is 19.3 Å². The molecule has 0 aromatic carbocycles. The summed E-state index contributed by atoms with van der Waals surface area (Å²) in [7, 11) is 0. The van der Waals surface area contributed by atoms with E-state index in [0.29, 0.717) is 18.5 Å². The maximum atomic E-state index is 11.8. The molecule has 5 heteroatoms. The van der Waals surface area contributed by atoms with Crippen LogP contribution in [0, 0.1) is 0 Å². The predicted octanol–water partition coefficient (Wildman–Crippen LogP) is 1.94. The van der Waals surface area contributed by atoms with Gasteiger partial charge in [0.2, 0.25) is 5.82 Å². The highest BCUT2D eigenvalue weighted by Gasteiger charge is 2.31. The summed E-state index contributed by atoms with van der Waals surface area (Å²) in [4.78, 5) is 20.2. The lowest BCUT2D eigenvalue weighted by Gasteiger charge is -2.06. The number of imidazole rings is 1. The lowest BCUT2D eigenvalue weighted by molar-refractivity contribution is 0.0507. The molecule has 0 amide bonds. The fourth-order valence-electron chi connectivity index (χ4n) is 1.99. The first kappa shape index (κ1) is 10.3. The molecule has 2 aromatic heterocycles. The zero-order valence-corrected chi connectivity index (χ0v) is 9.59. The normalized spacial score (nSPS) is 15.1. The smallest absolute Gasteiger partial charge is 0.374 e. The molecule has 0 N–H and O–H groups in total. The van der Waals surface area contributed by atoms with Gasteiger partial charge in [0.15, 0.2) is 0 Å². The zero-order valence-electron chi connectivity index (χ0n) is 9.59. The van der Waals surface area contributed by atoms with Gasteiger partial charge in [0.25, 0.3) is 0 Å². The summed E-state index contributed by atoms with van der Waals surface area (Å²) in [6.07, 6.45) is 5.59. The van der Waals surface area contributed by atoms with Crippen molar-refractivity contribution in [1.29, 1.82) is 0 Å². The maximum absolute atomic E-state index is 11.8.